The summed E-state index contributed by atoms with van der Waals surface area (Å²) in [4.78, 5) is 16.3. The first-order valence-electron chi connectivity index (χ1n) is 5.88. The van der Waals surface area contributed by atoms with Crippen LogP contribution < -0.4 is 11.1 Å². The van der Waals surface area contributed by atoms with Crippen molar-refractivity contribution in [2.24, 2.45) is 11.1 Å². The van der Waals surface area contributed by atoms with Gasteiger partial charge < -0.3 is 15.8 Å². The standard InChI is InChI=1S/C12H16ClN3O2/c13-9-2-1-3-10(15-9)16-11(17)12(8-14)4-6-18-7-5-12/h1-3H,4-8,14H2,(H,15,16,17). The summed E-state index contributed by atoms with van der Waals surface area (Å²) in [6.45, 7) is 1.43. The number of amides is 1. The molecule has 98 valence electrons. The van der Waals surface area contributed by atoms with E-state index < -0.39 is 5.41 Å². The summed E-state index contributed by atoms with van der Waals surface area (Å²) in [5, 5.41) is 3.12. The summed E-state index contributed by atoms with van der Waals surface area (Å²) in [7, 11) is 0. The zero-order valence-electron chi connectivity index (χ0n) is 9.99. The molecule has 0 radical (unpaired) electrons. The number of rotatable bonds is 3. The predicted molar refractivity (Wildman–Crippen MR) is 69.4 cm³/mol. The average molecular weight is 270 g/mol. The van der Waals surface area contributed by atoms with Crippen LogP contribution in [0.2, 0.25) is 5.15 Å². The lowest BCUT2D eigenvalue weighted by Crippen LogP contribution is -2.46. The normalized spacial score (nSPS) is 18.3. The molecule has 1 aromatic heterocycles. The summed E-state index contributed by atoms with van der Waals surface area (Å²) in [5.41, 5.74) is 5.21. The Morgan fingerprint density at radius 1 is 1.50 bits per heavy atom. The molecule has 0 aromatic carbocycles. The highest BCUT2D eigenvalue weighted by molar-refractivity contribution is 6.29. The number of nitrogens with one attached hydrogen (secondary N) is 1. The van der Waals surface area contributed by atoms with Crippen LogP contribution in [0.15, 0.2) is 18.2 Å². The maximum absolute atomic E-state index is 12.3. The molecule has 0 unspecified atom stereocenters. The van der Waals surface area contributed by atoms with Crippen molar-refractivity contribution < 1.29 is 9.53 Å². The molecule has 0 atom stereocenters. The Balaban J connectivity index is 2.10. The maximum Gasteiger partial charge on any atom is 0.233 e. The number of nitrogens with zero attached hydrogens (tertiary/aromatic N) is 1. The predicted octanol–water partition coefficient (Wildman–Crippen LogP) is 1.43. The SMILES string of the molecule is NCC1(C(=O)Nc2cccc(Cl)n2)CCOCC1. The van der Waals surface area contributed by atoms with Gasteiger partial charge in [0, 0.05) is 19.8 Å². The van der Waals surface area contributed by atoms with E-state index in [0.29, 0.717) is 43.6 Å². The summed E-state index contributed by atoms with van der Waals surface area (Å²) in [6, 6.07) is 5.10. The van der Waals surface area contributed by atoms with Crippen LogP contribution in [0.3, 0.4) is 0 Å². The first-order chi connectivity index (χ1) is 8.66. The van der Waals surface area contributed by atoms with Gasteiger partial charge in [0.15, 0.2) is 0 Å². The Morgan fingerprint density at radius 3 is 2.83 bits per heavy atom. The van der Waals surface area contributed by atoms with Gasteiger partial charge in [0.25, 0.3) is 0 Å². The zero-order chi connectivity index (χ0) is 13.0. The van der Waals surface area contributed by atoms with Crippen molar-refractivity contribution in [1.82, 2.24) is 4.98 Å². The Morgan fingerprint density at radius 2 is 2.22 bits per heavy atom. The van der Waals surface area contributed by atoms with E-state index in [1.54, 1.807) is 18.2 Å². The third-order valence-electron chi connectivity index (χ3n) is 3.28. The van der Waals surface area contributed by atoms with Crippen LogP contribution in [0.4, 0.5) is 5.82 Å². The number of carbonyl (C=O) groups excluding carboxylic acids is 1. The smallest absolute Gasteiger partial charge is 0.233 e. The second-order valence-electron chi connectivity index (χ2n) is 4.40. The molecule has 6 heteroatoms. The van der Waals surface area contributed by atoms with E-state index in [-0.39, 0.29) is 5.91 Å². The average Bonchev–Trinajstić information content (AvgIpc) is 2.39. The van der Waals surface area contributed by atoms with Crippen molar-refractivity contribution in [3.63, 3.8) is 0 Å². The molecule has 0 saturated carbocycles. The van der Waals surface area contributed by atoms with E-state index in [2.05, 4.69) is 10.3 Å². The molecule has 2 heterocycles. The largest absolute Gasteiger partial charge is 0.381 e. The van der Waals surface area contributed by atoms with Crippen molar-refractivity contribution in [2.45, 2.75) is 12.8 Å². The number of aromatic nitrogens is 1. The van der Waals surface area contributed by atoms with Crippen molar-refractivity contribution in [2.75, 3.05) is 25.1 Å². The molecule has 18 heavy (non-hydrogen) atoms. The molecular formula is C12H16ClN3O2. The van der Waals surface area contributed by atoms with Crippen LogP contribution in [0.5, 0.6) is 0 Å². The molecule has 1 saturated heterocycles. The van der Waals surface area contributed by atoms with Gasteiger partial charge >= 0.3 is 0 Å². The van der Waals surface area contributed by atoms with Crippen LogP contribution in [0, 0.1) is 5.41 Å². The Labute approximate surface area is 111 Å². The van der Waals surface area contributed by atoms with Gasteiger partial charge in [0.05, 0.1) is 5.41 Å². The van der Waals surface area contributed by atoms with Gasteiger partial charge in [-0.2, -0.15) is 0 Å². The molecule has 0 spiro atoms. The number of pyridine rings is 1. The molecule has 1 aliphatic rings. The second kappa shape index (κ2) is 5.65. The van der Waals surface area contributed by atoms with Gasteiger partial charge in [0.1, 0.15) is 11.0 Å². The van der Waals surface area contributed by atoms with Gasteiger partial charge in [-0.15, -0.1) is 0 Å². The van der Waals surface area contributed by atoms with Crippen LogP contribution in [-0.2, 0) is 9.53 Å². The maximum atomic E-state index is 12.3. The summed E-state index contributed by atoms with van der Waals surface area (Å²) >= 11 is 5.78. The quantitative estimate of drug-likeness (QED) is 0.814. The molecular weight excluding hydrogens is 254 g/mol. The monoisotopic (exact) mass is 269 g/mol. The topological polar surface area (TPSA) is 77.2 Å². The number of nitrogens with two attached hydrogens (primary N) is 1. The first-order valence-corrected chi connectivity index (χ1v) is 6.26. The molecule has 3 N–H and O–H groups in total. The van der Waals surface area contributed by atoms with Gasteiger partial charge in [0.2, 0.25) is 5.91 Å². The minimum absolute atomic E-state index is 0.108. The third kappa shape index (κ3) is 2.80. The third-order valence-corrected chi connectivity index (χ3v) is 3.49. The molecule has 1 aromatic rings. The van der Waals surface area contributed by atoms with Crippen molar-refractivity contribution in [1.29, 1.82) is 0 Å². The van der Waals surface area contributed by atoms with Gasteiger partial charge in [-0.1, -0.05) is 17.7 Å². The minimum Gasteiger partial charge on any atom is -0.381 e. The van der Waals surface area contributed by atoms with Crippen LogP contribution in [0.25, 0.3) is 0 Å². The highest BCUT2D eigenvalue weighted by atomic mass is 35.5. The van der Waals surface area contributed by atoms with Crippen LogP contribution in [-0.4, -0.2) is 30.6 Å². The number of carbonyl (C=O) groups is 1. The van der Waals surface area contributed by atoms with Gasteiger partial charge in [-0.05, 0) is 25.0 Å². The Bertz CT molecular complexity index is 433. The lowest BCUT2D eigenvalue weighted by molar-refractivity contribution is -0.130. The van der Waals surface area contributed by atoms with Crippen LogP contribution >= 0.6 is 11.6 Å². The first kappa shape index (κ1) is 13.3. The minimum atomic E-state index is -0.553. The van der Waals surface area contributed by atoms with E-state index >= 15 is 0 Å². The van der Waals surface area contributed by atoms with Crippen LogP contribution in [0.1, 0.15) is 12.8 Å². The number of hydrogen-bond donors (Lipinski definition) is 2. The fraction of sp³-hybridized carbons (Fsp3) is 0.500. The number of anilines is 1. The molecule has 1 aliphatic heterocycles. The van der Waals surface area contributed by atoms with E-state index in [1.807, 2.05) is 0 Å². The van der Waals surface area contributed by atoms with Gasteiger partial charge in [-0.25, -0.2) is 4.98 Å². The van der Waals surface area contributed by atoms with Gasteiger partial charge in [-0.3, -0.25) is 4.79 Å². The zero-order valence-corrected chi connectivity index (χ0v) is 10.7. The van der Waals surface area contributed by atoms with E-state index in [0.717, 1.165) is 0 Å². The Hall–Kier alpha value is -1.17. The lowest BCUT2D eigenvalue weighted by atomic mass is 9.79. The Kier molecular flexibility index (Phi) is 4.16. The summed E-state index contributed by atoms with van der Waals surface area (Å²) < 4.78 is 5.27. The fourth-order valence-electron chi connectivity index (χ4n) is 2.01. The number of ether oxygens (including phenoxy) is 1. The highest BCUT2D eigenvalue weighted by Crippen LogP contribution is 2.30. The molecule has 0 bridgehead atoms. The van der Waals surface area contributed by atoms with E-state index in [4.69, 9.17) is 22.1 Å². The molecule has 0 aliphatic carbocycles. The molecule has 2 rings (SSSR count). The van der Waals surface area contributed by atoms with E-state index in [1.165, 1.54) is 0 Å². The summed E-state index contributed by atoms with van der Waals surface area (Å²) in [6.07, 6.45) is 1.27. The van der Waals surface area contributed by atoms with E-state index in [9.17, 15) is 4.79 Å². The highest BCUT2D eigenvalue weighted by Gasteiger charge is 2.38. The number of hydrogen-bond acceptors (Lipinski definition) is 4. The summed E-state index contributed by atoms with van der Waals surface area (Å²) in [5.74, 6) is 0.342. The fourth-order valence-corrected chi connectivity index (χ4v) is 2.18. The van der Waals surface area contributed by atoms with Crippen molar-refractivity contribution >= 4 is 23.3 Å². The second-order valence-corrected chi connectivity index (χ2v) is 4.78. The molecule has 5 nitrogen and oxygen atoms in total. The molecule has 1 amide bonds. The van der Waals surface area contributed by atoms with Crippen molar-refractivity contribution in [3.05, 3.63) is 23.4 Å². The number of halogens is 1. The van der Waals surface area contributed by atoms with Crippen molar-refractivity contribution in [3.8, 4) is 0 Å². The molecule has 1 fully saturated rings. The lowest BCUT2D eigenvalue weighted by Gasteiger charge is -2.34.